The Balaban J connectivity index is 2.41. The lowest BCUT2D eigenvalue weighted by Gasteiger charge is -2.29. The molecule has 0 aliphatic carbocycles. The minimum atomic E-state index is 0.227. The Kier molecular flexibility index (Phi) is 6.53. The molecule has 0 aromatic heterocycles. The average molecular weight is 262 g/mol. The molecule has 0 amide bonds. The molecule has 2 nitrogen and oxygen atoms in total. The predicted molar refractivity (Wildman–Crippen MR) is 84.7 cm³/mol. The third-order valence-electron chi connectivity index (χ3n) is 3.90. The molecule has 0 radical (unpaired) electrons. The summed E-state index contributed by atoms with van der Waals surface area (Å²) in [4.78, 5) is 2.34. The molecule has 1 atom stereocenters. The average Bonchev–Trinajstić information content (AvgIpc) is 2.39. The first-order valence-electron chi connectivity index (χ1n) is 7.43. The minimum Gasteiger partial charge on any atom is -0.313 e. The summed E-state index contributed by atoms with van der Waals surface area (Å²) >= 11 is 0. The Labute approximate surface area is 119 Å². The first-order chi connectivity index (χ1) is 8.95. The monoisotopic (exact) mass is 262 g/mol. The van der Waals surface area contributed by atoms with Gasteiger partial charge < -0.3 is 10.2 Å². The van der Waals surface area contributed by atoms with Crippen LogP contribution in [0.3, 0.4) is 0 Å². The van der Waals surface area contributed by atoms with Gasteiger partial charge in [-0.1, -0.05) is 51.1 Å². The normalized spacial score (nSPS) is 13.8. The van der Waals surface area contributed by atoms with Crippen molar-refractivity contribution in [2.45, 2.75) is 45.6 Å². The molecular weight excluding hydrogens is 232 g/mol. The number of nitrogens with one attached hydrogen (secondary N) is 1. The summed E-state index contributed by atoms with van der Waals surface area (Å²) in [5.41, 5.74) is 1.65. The van der Waals surface area contributed by atoms with Crippen molar-refractivity contribution in [2.75, 3.05) is 26.7 Å². The van der Waals surface area contributed by atoms with Gasteiger partial charge in [-0.3, -0.25) is 0 Å². The van der Waals surface area contributed by atoms with Crippen LogP contribution >= 0.6 is 0 Å². The third-order valence-corrected chi connectivity index (χ3v) is 3.90. The number of hydrogen-bond acceptors (Lipinski definition) is 2. The number of rotatable bonds is 8. The first-order valence-corrected chi connectivity index (χ1v) is 7.43. The molecule has 2 heteroatoms. The lowest BCUT2D eigenvalue weighted by molar-refractivity contribution is 0.325. The van der Waals surface area contributed by atoms with Gasteiger partial charge in [-0.25, -0.2) is 0 Å². The van der Waals surface area contributed by atoms with Crippen LogP contribution in [0.1, 0.15) is 39.7 Å². The molecule has 1 aromatic rings. The van der Waals surface area contributed by atoms with E-state index in [9.17, 15) is 0 Å². The van der Waals surface area contributed by atoms with Crippen molar-refractivity contribution in [3.05, 3.63) is 35.9 Å². The summed E-state index contributed by atoms with van der Waals surface area (Å²) in [5.74, 6) is 0. The summed E-state index contributed by atoms with van der Waals surface area (Å²) in [7, 11) is 2.17. The van der Waals surface area contributed by atoms with Crippen molar-refractivity contribution in [1.29, 1.82) is 0 Å². The fourth-order valence-electron chi connectivity index (χ4n) is 2.50. The molecule has 0 aliphatic rings. The molecule has 108 valence electrons. The van der Waals surface area contributed by atoms with E-state index in [0.29, 0.717) is 6.04 Å². The molecule has 0 saturated carbocycles. The number of likely N-dealkylation sites (N-methyl/N-ethyl adjacent to an activating group) is 1. The van der Waals surface area contributed by atoms with Gasteiger partial charge in [0, 0.05) is 19.1 Å². The van der Waals surface area contributed by atoms with E-state index in [4.69, 9.17) is 0 Å². The van der Waals surface area contributed by atoms with Crippen LogP contribution in [0.4, 0.5) is 0 Å². The Hall–Kier alpha value is -0.860. The second-order valence-electron chi connectivity index (χ2n) is 6.21. The van der Waals surface area contributed by atoms with Gasteiger partial charge in [0.1, 0.15) is 0 Å². The van der Waals surface area contributed by atoms with E-state index in [1.807, 2.05) is 0 Å². The van der Waals surface area contributed by atoms with Crippen LogP contribution in [0.5, 0.6) is 0 Å². The molecule has 0 bridgehead atoms. The molecule has 1 aromatic carbocycles. The highest BCUT2D eigenvalue weighted by Crippen LogP contribution is 2.27. The van der Waals surface area contributed by atoms with Gasteiger partial charge in [0.25, 0.3) is 0 Å². The molecule has 0 heterocycles. The molecule has 1 rings (SSSR count). The first kappa shape index (κ1) is 16.2. The van der Waals surface area contributed by atoms with Crippen molar-refractivity contribution in [3.63, 3.8) is 0 Å². The standard InChI is InChI=1S/C17H30N2/c1-6-19(5)13-12-18-15(2)14-17(3,4)16-10-8-7-9-11-16/h7-11,15,18H,6,12-14H2,1-5H3. The van der Waals surface area contributed by atoms with Gasteiger partial charge in [-0.05, 0) is 37.9 Å². The molecule has 0 saturated heterocycles. The molecule has 0 spiro atoms. The maximum Gasteiger partial charge on any atom is 0.0104 e. The maximum absolute atomic E-state index is 3.63. The van der Waals surface area contributed by atoms with Crippen molar-refractivity contribution in [3.8, 4) is 0 Å². The zero-order valence-corrected chi connectivity index (χ0v) is 13.2. The van der Waals surface area contributed by atoms with Crippen LogP contribution in [0, 0.1) is 0 Å². The van der Waals surface area contributed by atoms with Crippen LogP contribution < -0.4 is 5.32 Å². The predicted octanol–water partition coefficient (Wildman–Crippen LogP) is 3.28. The van der Waals surface area contributed by atoms with Crippen molar-refractivity contribution in [2.24, 2.45) is 0 Å². The van der Waals surface area contributed by atoms with Gasteiger partial charge in [0.2, 0.25) is 0 Å². The molecule has 0 aliphatic heterocycles. The summed E-state index contributed by atoms with van der Waals surface area (Å²) in [5, 5.41) is 3.63. The topological polar surface area (TPSA) is 15.3 Å². The fraction of sp³-hybridized carbons (Fsp3) is 0.647. The maximum atomic E-state index is 3.63. The van der Waals surface area contributed by atoms with Crippen LogP contribution in [-0.2, 0) is 5.41 Å². The Morgan fingerprint density at radius 3 is 2.42 bits per heavy atom. The lowest BCUT2D eigenvalue weighted by atomic mass is 9.79. The largest absolute Gasteiger partial charge is 0.313 e. The van der Waals surface area contributed by atoms with E-state index >= 15 is 0 Å². The van der Waals surface area contributed by atoms with E-state index in [-0.39, 0.29) is 5.41 Å². The molecule has 19 heavy (non-hydrogen) atoms. The molecule has 0 fully saturated rings. The van der Waals surface area contributed by atoms with Crippen LogP contribution in [-0.4, -0.2) is 37.6 Å². The van der Waals surface area contributed by atoms with Crippen molar-refractivity contribution < 1.29 is 0 Å². The van der Waals surface area contributed by atoms with Gasteiger partial charge >= 0.3 is 0 Å². The Morgan fingerprint density at radius 1 is 1.21 bits per heavy atom. The number of hydrogen-bond donors (Lipinski definition) is 1. The zero-order valence-electron chi connectivity index (χ0n) is 13.2. The van der Waals surface area contributed by atoms with E-state index in [1.165, 1.54) is 5.56 Å². The van der Waals surface area contributed by atoms with Gasteiger partial charge in [0.15, 0.2) is 0 Å². The van der Waals surface area contributed by atoms with E-state index in [1.54, 1.807) is 0 Å². The van der Waals surface area contributed by atoms with Gasteiger partial charge in [-0.2, -0.15) is 0 Å². The van der Waals surface area contributed by atoms with Crippen LogP contribution in [0.2, 0.25) is 0 Å². The van der Waals surface area contributed by atoms with Crippen LogP contribution in [0.15, 0.2) is 30.3 Å². The molecular formula is C17H30N2. The van der Waals surface area contributed by atoms with E-state index < -0.39 is 0 Å². The SMILES string of the molecule is CCN(C)CCNC(C)CC(C)(C)c1ccccc1. The lowest BCUT2D eigenvalue weighted by Crippen LogP contribution is -2.37. The van der Waals surface area contributed by atoms with Crippen molar-refractivity contribution in [1.82, 2.24) is 10.2 Å². The highest BCUT2D eigenvalue weighted by molar-refractivity contribution is 5.23. The smallest absolute Gasteiger partial charge is 0.0104 e. The van der Waals surface area contributed by atoms with Gasteiger partial charge in [0.05, 0.1) is 0 Å². The highest BCUT2D eigenvalue weighted by Gasteiger charge is 2.22. The highest BCUT2D eigenvalue weighted by atomic mass is 15.1. The van der Waals surface area contributed by atoms with Gasteiger partial charge in [-0.15, -0.1) is 0 Å². The quantitative estimate of drug-likeness (QED) is 0.773. The molecule has 1 unspecified atom stereocenters. The van der Waals surface area contributed by atoms with E-state index in [0.717, 1.165) is 26.1 Å². The fourth-order valence-corrected chi connectivity index (χ4v) is 2.50. The number of benzene rings is 1. The summed E-state index contributed by atoms with van der Waals surface area (Å²) < 4.78 is 0. The second-order valence-corrected chi connectivity index (χ2v) is 6.21. The third kappa shape index (κ3) is 5.75. The zero-order chi connectivity index (χ0) is 14.3. The Morgan fingerprint density at radius 2 is 1.84 bits per heavy atom. The van der Waals surface area contributed by atoms with E-state index in [2.05, 4.69) is 75.3 Å². The summed E-state index contributed by atoms with van der Waals surface area (Å²) in [6.45, 7) is 12.4. The van der Waals surface area contributed by atoms with Crippen LogP contribution in [0.25, 0.3) is 0 Å². The second kappa shape index (κ2) is 7.66. The minimum absolute atomic E-state index is 0.227. The summed E-state index contributed by atoms with van der Waals surface area (Å²) in [6.07, 6.45) is 1.16. The number of nitrogens with zero attached hydrogens (tertiary/aromatic N) is 1. The Bertz CT molecular complexity index is 346. The van der Waals surface area contributed by atoms with Crippen molar-refractivity contribution >= 4 is 0 Å². The molecule has 1 N–H and O–H groups in total. The summed E-state index contributed by atoms with van der Waals surface area (Å²) in [6, 6.07) is 11.4.